The van der Waals surface area contributed by atoms with E-state index in [4.69, 9.17) is 0 Å². The summed E-state index contributed by atoms with van der Waals surface area (Å²) in [4.78, 5) is 0. The molecule has 0 aliphatic rings. The van der Waals surface area contributed by atoms with Crippen LogP contribution in [0.2, 0.25) is 0 Å². The first kappa shape index (κ1) is 5.49. The molecule has 0 atom stereocenters. The van der Waals surface area contributed by atoms with E-state index >= 15 is 0 Å². The van der Waals surface area contributed by atoms with Gasteiger partial charge in [-0.3, -0.25) is 5.10 Å². The minimum absolute atomic E-state index is 0. The van der Waals surface area contributed by atoms with Crippen LogP contribution in [0.25, 0.3) is 0 Å². The van der Waals surface area contributed by atoms with E-state index in [1.807, 2.05) is 0 Å². The zero-order chi connectivity index (χ0) is 3.54. The third kappa shape index (κ3) is 1.07. The maximum atomic E-state index is 3.42. The summed E-state index contributed by atoms with van der Waals surface area (Å²) in [5.41, 5.74) is 0. The van der Waals surface area contributed by atoms with E-state index in [0.29, 0.717) is 0 Å². The highest BCUT2D eigenvalue weighted by Gasteiger charge is 1.57. The minimum Gasteiger partial charge on any atom is -0.266 e. The van der Waals surface area contributed by atoms with Gasteiger partial charge in [-0.1, -0.05) is 5.21 Å². The van der Waals surface area contributed by atoms with Gasteiger partial charge in [0.25, 0.3) is 0 Å². The lowest BCUT2D eigenvalue weighted by atomic mass is 11.0. The Balaban J connectivity index is 0.000000250. The Morgan fingerprint density at radius 1 is 1.50 bits per heavy atom. The summed E-state index contributed by atoms with van der Waals surface area (Å²) in [6, 6.07) is 0. The fraction of sp³-hybridized carbons (Fsp3) is 0. The molecule has 1 heterocycles. The number of H-pyrrole nitrogens is 1. The highest BCUT2D eigenvalue weighted by atomic mass is 32.1. The molecule has 34 valence electrons. The monoisotopic (exact) mass is 103 g/mol. The lowest BCUT2D eigenvalue weighted by Gasteiger charge is -1.46. The van der Waals surface area contributed by atoms with Gasteiger partial charge in [-0.25, -0.2) is 0 Å². The second-order valence-electron chi connectivity index (χ2n) is 0.660. The number of aromatic nitrogens is 3. The van der Waals surface area contributed by atoms with Gasteiger partial charge in [0, 0.05) is 6.20 Å². The summed E-state index contributed by atoms with van der Waals surface area (Å²) in [7, 11) is 0. The summed E-state index contributed by atoms with van der Waals surface area (Å²) in [6.45, 7) is 0. The van der Waals surface area contributed by atoms with Gasteiger partial charge in [0.1, 0.15) is 0 Å². The second-order valence-corrected chi connectivity index (χ2v) is 0.660. The van der Waals surface area contributed by atoms with Crippen LogP contribution in [0.1, 0.15) is 0 Å². The van der Waals surface area contributed by atoms with Crippen molar-refractivity contribution in [2.24, 2.45) is 0 Å². The number of hydrogen-bond donors (Lipinski definition) is 1. The fourth-order valence-electron chi connectivity index (χ4n) is 0.167. The van der Waals surface area contributed by atoms with Crippen molar-refractivity contribution < 1.29 is 0 Å². The molecule has 0 saturated heterocycles. The average Bonchev–Trinajstić information content (AvgIpc) is 1.76. The highest BCUT2D eigenvalue weighted by molar-refractivity contribution is 7.59. The molecule has 0 radical (unpaired) electrons. The molecule has 6 heavy (non-hydrogen) atoms. The van der Waals surface area contributed by atoms with Crippen LogP contribution in [-0.4, -0.2) is 15.4 Å². The van der Waals surface area contributed by atoms with Gasteiger partial charge in [0.05, 0.1) is 6.20 Å². The molecular weight excluding hydrogens is 98.1 g/mol. The Bertz CT molecular complexity index is 65.3. The van der Waals surface area contributed by atoms with Crippen LogP contribution in [0.15, 0.2) is 12.4 Å². The normalized spacial score (nSPS) is 6.67. The molecule has 1 N–H and O–H groups in total. The van der Waals surface area contributed by atoms with Crippen molar-refractivity contribution in [3.8, 4) is 0 Å². The van der Waals surface area contributed by atoms with Crippen LogP contribution in [0, 0.1) is 0 Å². The summed E-state index contributed by atoms with van der Waals surface area (Å²) in [5.74, 6) is 0. The minimum atomic E-state index is 0. The molecule has 0 aliphatic carbocycles. The molecule has 4 heteroatoms. The summed E-state index contributed by atoms with van der Waals surface area (Å²) in [6.07, 6.45) is 3.24. The van der Waals surface area contributed by atoms with Crippen LogP contribution in [0.3, 0.4) is 0 Å². The Kier molecular flexibility index (Phi) is 2.48. The first-order valence-electron chi connectivity index (χ1n) is 1.30. The van der Waals surface area contributed by atoms with Crippen molar-refractivity contribution in [1.82, 2.24) is 15.4 Å². The van der Waals surface area contributed by atoms with Crippen molar-refractivity contribution in [3.63, 3.8) is 0 Å². The van der Waals surface area contributed by atoms with Crippen molar-refractivity contribution in [2.45, 2.75) is 0 Å². The maximum absolute atomic E-state index is 3.42. The van der Waals surface area contributed by atoms with Crippen LogP contribution < -0.4 is 0 Å². The van der Waals surface area contributed by atoms with E-state index in [9.17, 15) is 0 Å². The summed E-state index contributed by atoms with van der Waals surface area (Å²) in [5, 5.41) is 9.26. The van der Waals surface area contributed by atoms with Gasteiger partial charge >= 0.3 is 0 Å². The molecule has 0 spiro atoms. The Morgan fingerprint density at radius 3 is 2.50 bits per heavy atom. The van der Waals surface area contributed by atoms with Crippen LogP contribution in [-0.2, 0) is 0 Å². The topological polar surface area (TPSA) is 41.6 Å². The van der Waals surface area contributed by atoms with Crippen LogP contribution in [0.4, 0.5) is 0 Å². The van der Waals surface area contributed by atoms with Gasteiger partial charge < -0.3 is 0 Å². The van der Waals surface area contributed by atoms with Gasteiger partial charge in [0.2, 0.25) is 0 Å². The van der Waals surface area contributed by atoms with Gasteiger partial charge in [-0.2, -0.15) is 13.5 Å². The molecule has 1 rings (SSSR count). The summed E-state index contributed by atoms with van der Waals surface area (Å²) >= 11 is 0. The molecule has 0 unspecified atom stereocenters. The SMILES string of the molecule is S.c1c[nH]nn1. The largest absolute Gasteiger partial charge is 0.266 e. The third-order valence-electron chi connectivity index (χ3n) is 0.331. The third-order valence-corrected chi connectivity index (χ3v) is 0.331. The van der Waals surface area contributed by atoms with E-state index in [1.165, 1.54) is 0 Å². The lowest BCUT2D eigenvalue weighted by Crippen LogP contribution is -1.61. The standard InChI is InChI=1S/C2H3N3.H2S/c1-2-4-5-3-1;/h1-2H,(H,3,4,5);1H2. The van der Waals surface area contributed by atoms with Crippen LogP contribution in [0.5, 0.6) is 0 Å². The molecule has 0 bridgehead atoms. The number of aromatic amines is 1. The zero-order valence-corrected chi connectivity index (χ0v) is 4.05. The second kappa shape index (κ2) is 2.71. The van der Waals surface area contributed by atoms with Crippen molar-refractivity contribution in [2.75, 3.05) is 0 Å². The van der Waals surface area contributed by atoms with Gasteiger partial charge in [0.15, 0.2) is 0 Å². The average molecular weight is 103 g/mol. The predicted octanol–water partition coefficient (Wildman–Crippen LogP) is -0.0825. The maximum Gasteiger partial charge on any atom is 0.0690 e. The number of hydrogen-bond acceptors (Lipinski definition) is 2. The Morgan fingerprint density at radius 2 is 2.33 bits per heavy atom. The molecule has 0 saturated carbocycles. The smallest absolute Gasteiger partial charge is 0.0690 e. The zero-order valence-electron chi connectivity index (χ0n) is 3.05. The highest BCUT2D eigenvalue weighted by Crippen LogP contribution is 1.55. The van der Waals surface area contributed by atoms with E-state index in [1.54, 1.807) is 12.4 Å². The molecule has 0 amide bonds. The van der Waals surface area contributed by atoms with E-state index in [0.717, 1.165) is 0 Å². The molecule has 1 aromatic heterocycles. The molecule has 0 aliphatic heterocycles. The molecule has 0 fully saturated rings. The Labute approximate surface area is 42.2 Å². The molecule has 0 aromatic carbocycles. The van der Waals surface area contributed by atoms with E-state index < -0.39 is 0 Å². The van der Waals surface area contributed by atoms with Gasteiger partial charge in [-0.05, 0) is 0 Å². The fourth-order valence-corrected chi connectivity index (χ4v) is 0.167. The number of nitrogens with zero attached hydrogens (tertiary/aromatic N) is 2. The van der Waals surface area contributed by atoms with Crippen molar-refractivity contribution in [3.05, 3.63) is 12.4 Å². The van der Waals surface area contributed by atoms with Crippen LogP contribution >= 0.6 is 13.5 Å². The predicted molar refractivity (Wildman–Crippen MR) is 26.8 cm³/mol. The van der Waals surface area contributed by atoms with Gasteiger partial charge in [-0.15, -0.1) is 5.10 Å². The summed E-state index contributed by atoms with van der Waals surface area (Å²) < 4.78 is 0. The lowest BCUT2D eigenvalue weighted by molar-refractivity contribution is 0.940. The number of rotatable bonds is 0. The van der Waals surface area contributed by atoms with Crippen molar-refractivity contribution in [1.29, 1.82) is 0 Å². The first-order chi connectivity index (χ1) is 2.50. The first-order valence-corrected chi connectivity index (χ1v) is 1.30. The molecule has 1 aromatic rings. The van der Waals surface area contributed by atoms with E-state index in [-0.39, 0.29) is 13.5 Å². The number of nitrogens with one attached hydrogen (secondary N) is 1. The molecular formula is C2H5N3S. The van der Waals surface area contributed by atoms with E-state index in [2.05, 4.69) is 15.4 Å². The van der Waals surface area contributed by atoms with Crippen molar-refractivity contribution >= 4 is 13.5 Å². The Hall–Kier alpha value is -0.510. The molecule has 3 nitrogen and oxygen atoms in total. The quantitative estimate of drug-likeness (QED) is 0.499.